The molecule has 0 saturated carbocycles. The summed E-state index contributed by atoms with van der Waals surface area (Å²) >= 11 is 0. The smallest absolute Gasteiger partial charge is 0.492 e. The van der Waals surface area contributed by atoms with E-state index in [0.29, 0.717) is 0 Å². The van der Waals surface area contributed by atoms with Gasteiger partial charge < -0.3 is 9.47 Å². The number of aromatic nitrogens is 1. The van der Waals surface area contributed by atoms with Gasteiger partial charge in [0.05, 0.1) is 12.7 Å². The van der Waals surface area contributed by atoms with Crippen LogP contribution in [0.3, 0.4) is 0 Å². The number of rotatable bonds is 4. The lowest BCUT2D eigenvalue weighted by atomic mass is 10.1. The van der Waals surface area contributed by atoms with E-state index in [4.69, 9.17) is 4.74 Å². The van der Waals surface area contributed by atoms with Crippen LogP contribution in [0.15, 0.2) is 42.6 Å². The highest BCUT2D eigenvalue weighted by Crippen LogP contribution is 2.35. The van der Waals surface area contributed by atoms with Crippen LogP contribution in [0, 0.1) is 0 Å². The monoisotopic (exact) mass is 297 g/mol. The number of ether oxygens (including phenoxy) is 2. The maximum absolute atomic E-state index is 12.3. The van der Waals surface area contributed by atoms with Crippen LogP contribution in [0.2, 0.25) is 0 Å². The fourth-order valence-corrected chi connectivity index (χ4v) is 1.75. The van der Waals surface area contributed by atoms with E-state index in [-0.39, 0.29) is 17.0 Å². The molecule has 21 heavy (non-hydrogen) atoms. The highest BCUT2D eigenvalue weighted by molar-refractivity contribution is 6.09. The molecule has 0 N–H and O–H groups in total. The summed E-state index contributed by atoms with van der Waals surface area (Å²) < 4.78 is 45.8. The van der Waals surface area contributed by atoms with Gasteiger partial charge in [-0.2, -0.15) is 0 Å². The zero-order valence-electron chi connectivity index (χ0n) is 10.8. The van der Waals surface area contributed by atoms with Crippen molar-refractivity contribution in [3.63, 3.8) is 0 Å². The van der Waals surface area contributed by atoms with Crippen molar-refractivity contribution in [2.75, 3.05) is 7.11 Å². The van der Waals surface area contributed by atoms with Crippen molar-refractivity contribution in [3.8, 4) is 11.5 Å². The quantitative estimate of drug-likeness (QED) is 0.813. The number of nitrogens with zero attached hydrogens (tertiary/aromatic N) is 1. The minimum absolute atomic E-state index is 0.0575. The van der Waals surface area contributed by atoms with Gasteiger partial charge in [-0.25, -0.2) is 0 Å². The van der Waals surface area contributed by atoms with Crippen molar-refractivity contribution in [3.05, 3.63) is 53.9 Å². The molecule has 0 bridgehead atoms. The number of halogens is 3. The second-order valence-electron chi connectivity index (χ2n) is 3.93. The highest BCUT2D eigenvalue weighted by Gasteiger charge is 2.33. The predicted octanol–water partition coefficient (Wildman–Crippen LogP) is 3.22. The van der Waals surface area contributed by atoms with E-state index in [1.807, 2.05) is 0 Å². The maximum atomic E-state index is 12.3. The molecule has 0 unspecified atom stereocenters. The predicted molar refractivity (Wildman–Crippen MR) is 67.3 cm³/mol. The Hall–Kier alpha value is -2.57. The van der Waals surface area contributed by atoms with Gasteiger partial charge in [-0.15, -0.1) is 13.2 Å². The van der Waals surface area contributed by atoms with Gasteiger partial charge in [0.25, 0.3) is 0 Å². The summed E-state index contributed by atoms with van der Waals surface area (Å²) in [6, 6.07) is 8.37. The average Bonchev–Trinajstić information content (AvgIpc) is 2.45. The fourth-order valence-electron chi connectivity index (χ4n) is 1.75. The number of carbonyl (C=O) groups excluding carboxylic acids is 1. The molecular weight excluding hydrogens is 287 g/mol. The summed E-state index contributed by atoms with van der Waals surface area (Å²) in [5.74, 6) is -1.42. The molecule has 2 rings (SSSR count). The van der Waals surface area contributed by atoms with Gasteiger partial charge in [0.1, 0.15) is 5.69 Å². The molecule has 7 heteroatoms. The second-order valence-corrected chi connectivity index (χ2v) is 3.93. The molecule has 0 radical (unpaired) electrons. The minimum atomic E-state index is -4.88. The lowest BCUT2D eigenvalue weighted by molar-refractivity contribution is -0.275. The number of hydrogen-bond acceptors (Lipinski definition) is 4. The van der Waals surface area contributed by atoms with Gasteiger partial charge in [-0.1, -0.05) is 12.1 Å². The van der Waals surface area contributed by atoms with Crippen LogP contribution >= 0.6 is 0 Å². The minimum Gasteiger partial charge on any atom is -0.492 e. The molecule has 0 aliphatic rings. The topological polar surface area (TPSA) is 48.4 Å². The van der Waals surface area contributed by atoms with Gasteiger partial charge >= 0.3 is 6.36 Å². The number of pyridine rings is 1. The van der Waals surface area contributed by atoms with E-state index in [9.17, 15) is 18.0 Å². The van der Waals surface area contributed by atoms with E-state index < -0.39 is 17.9 Å². The van der Waals surface area contributed by atoms with E-state index in [1.54, 1.807) is 12.1 Å². The number of alkyl halides is 3. The molecule has 1 aromatic heterocycles. The van der Waals surface area contributed by atoms with E-state index in [0.717, 1.165) is 13.2 Å². The van der Waals surface area contributed by atoms with Crippen molar-refractivity contribution in [1.29, 1.82) is 0 Å². The fraction of sp³-hybridized carbons (Fsp3) is 0.143. The Balaban J connectivity index is 2.45. The van der Waals surface area contributed by atoms with Crippen LogP contribution in [0.5, 0.6) is 11.5 Å². The second kappa shape index (κ2) is 5.82. The number of methoxy groups -OCH3 is 1. The molecule has 4 nitrogen and oxygen atoms in total. The van der Waals surface area contributed by atoms with Crippen molar-refractivity contribution in [1.82, 2.24) is 4.98 Å². The highest BCUT2D eigenvalue weighted by atomic mass is 19.4. The molecule has 0 atom stereocenters. The first-order chi connectivity index (χ1) is 9.92. The van der Waals surface area contributed by atoms with Crippen molar-refractivity contribution >= 4 is 5.78 Å². The Morgan fingerprint density at radius 2 is 1.90 bits per heavy atom. The van der Waals surface area contributed by atoms with Crippen LogP contribution in [-0.4, -0.2) is 24.2 Å². The van der Waals surface area contributed by atoms with E-state index in [2.05, 4.69) is 9.72 Å². The maximum Gasteiger partial charge on any atom is 0.573 e. The van der Waals surface area contributed by atoms with Gasteiger partial charge in [-0.3, -0.25) is 9.78 Å². The third-order valence-electron chi connectivity index (χ3n) is 2.55. The lowest BCUT2D eigenvalue weighted by Gasteiger charge is -2.14. The molecule has 1 heterocycles. The van der Waals surface area contributed by atoms with Gasteiger partial charge in [0.15, 0.2) is 11.5 Å². The molecule has 0 aliphatic heterocycles. The van der Waals surface area contributed by atoms with Crippen LogP contribution in [-0.2, 0) is 0 Å². The Labute approximate surface area is 118 Å². The van der Waals surface area contributed by atoms with Crippen LogP contribution < -0.4 is 9.47 Å². The summed E-state index contributed by atoms with van der Waals surface area (Å²) in [6.45, 7) is 0. The summed E-state index contributed by atoms with van der Waals surface area (Å²) in [5, 5.41) is 0. The number of ketones is 1. The van der Waals surface area contributed by atoms with Crippen molar-refractivity contribution in [2.24, 2.45) is 0 Å². The zero-order valence-corrected chi connectivity index (χ0v) is 10.8. The normalized spacial score (nSPS) is 11.0. The third kappa shape index (κ3) is 3.50. The molecular formula is C14H10F3NO3. The first kappa shape index (κ1) is 14.8. The molecule has 0 spiro atoms. The molecule has 1 aromatic carbocycles. The molecule has 0 saturated heterocycles. The molecule has 0 aliphatic carbocycles. The standard InChI is InChI=1S/C14H10F3NO3/c1-20-13-9(12(19)10-6-2-3-8-18-10)5-4-7-11(13)21-14(15,16)17/h2-8H,1H3. The first-order valence-corrected chi connectivity index (χ1v) is 5.81. The van der Waals surface area contributed by atoms with Gasteiger partial charge in [0.2, 0.25) is 5.78 Å². The van der Waals surface area contributed by atoms with E-state index in [1.165, 1.54) is 24.4 Å². The Bertz CT molecular complexity index is 642. The summed E-state index contributed by atoms with van der Waals surface area (Å²) in [6.07, 6.45) is -3.46. The summed E-state index contributed by atoms with van der Waals surface area (Å²) in [4.78, 5) is 16.1. The molecule has 0 fully saturated rings. The number of carbonyl (C=O) groups is 1. The Kier molecular flexibility index (Phi) is 4.11. The Morgan fingerprint density at radius 1 is 1.14 bits per heavy atom. The van der Waals surface area contributed by atoms with Crippen LogP contribution in [0.25, 0.3) is 0 Å². The molecule has 110 valence electrons. The number of para-hydroxylation sites is 1. The molecule has 2 aromatic rings. The van der Waals surface area contributed by atoms with Crippen LogP contribution in [0.4, 0.5) is 13.2 Å². The number of hydrogen-bond donors (Lipinski definition) is 0. The largest absolute Gasteiger partial charge is 0.573 e. The van der Waals surface area contributed by atoms with Crippen molar-refractivity contribution in [2.45, 2.75) is 6.36 Å². The third-order valence-corrected chi connectivity index (χ3v) is 2.55. The first-order valence-electron chi connectivity index (χ1n) is 5.81. The summed E-state index contributed by atoms with van der Waals surface area (Å²) in [5.41, 5.74) is 0.0397. The van der Waals surface area contributed by atoms with E-state index >= 15 is 0 Å². The van der Waals surface area contributed by atoms with Crippen LogP contribution in [0.1, 0.15) is 16.1 Å². The Morgan fingerprint density at radius 3 is 2.48 bits per heavy atom. The zero-order chi connectivity index (χ0) is 15.5. The average molecular weight is 297 g/mol. The van der Waals surface area contributed by atoms with Gasteiger partial charge in [-0.05, 0) is 24.3 Å². The van der Waals surface area contributed by atoms with Crippen molar-refractivity contribution < 1.29 is 27.4 Å². The summed E-state index contributed by atoms with van der Waals surface area (Å²) in [7, 11) is 1.16. The number of benzene rings is 1. The van der Waals surface area contributed by atoms with Gasteiger partial charge in [0, 0.05) is 6.20 Å². The molecule has 0 amide bonds. The SMILES string of the molecule is COc1c(OC(F)(F)F)cccc1C(=O)c1ccccn1. The lowest BCUT2D eigenvalue weighted by Crippen LogP contribution is -2.18.